The van der Waals surface area contributed by atoms with Crippen molar-refractivity contribution in [2.75, 3.05) is 6.61 Å². The van der Waals surface area contributed by atoms with E-state index in [0.717, 1.165) is 25.0 Å². The van der Waals surface area contributed by atoms with Crippen LogP contribution in [0.25, 0.3) is 0 Å². The van der Waals surface area contributed by atoms with Gasteiger partial charge in [0.1, 0.15) is 6.10 Å². The van der Waals surface area contributed by atoms with E-state index in [2.05, 4.69) is 77.6 Å². The van der Waals surface area contributed by atoms with E-state index < -0.39 is 5.92 Å². The minimum Gasteiger partial charge on any atom is -0.473 e. The number of hydrogen-bond donors (Lipinski definition) is 1. The van der Waals surface area contributed by atoms with Crippen LogP contribution in [0.2, 0.25) is 0 Å². The van der Waals surface area contributed by atoms with Crippen LogP contribution in [0.4, 0.5) is 8.78 Å². The Morgan fingerprint density at radius 3 is 1.86 bits per heavy atom. The monoisotopic (exact) mass is 527 g/mol. The molecule has 0 amide bonds. The molecule has 0 aromatic carbocycles. The largest absolute Gasteiger partial charge is 0.473 e. The maximum Gasteiger partial charge on any atom is 0.250 e. The lowest BCUT2D eigenvalue weighted by Crippen LogP contribution is -2.53. The number of alkyl halides is 2. The van der Waals surface area contributed by atoms with E-state index in [1.807, 2.05) is 27.0 Å². The predicted octanol–water partition coefficient (Wildman–Crippen LogP) is 8.12. The lowest BCUT2D eigenvalue weighted by Gasteiger charge is -2.39. The standard InChI is InChI=1S/C16H27N3O.C14H28F2O/c1-15(2,3)13-9-18-14(10-17-13)20-12-7-11(8-12)19-16(4,5)6;1-12(2,3)8-7-9-14(15,16)10-11-17-13(4,5)6/h9-12,19H,7-8H2,1-6H3;7-11H2,1-6H3. The SMILES string of the molecule is CC(C)(C)CCCC(F)(F)CCOC(C)(C)C.CC(C)(C)NC1CC(Oc2cnc(C(C)(C)C)cn2)C1. The Morgan fingerprint density at radius 1 is 0.838 bits per heavy atom. The minimum atomic E-state index is -2.59. The Labute approximate surface area is 225 Å². The summed E-state index contributed by atoms with van der Waals surface area (Å²) in [5.74, 6) is -1.95. The Hall–Kier alpha value is -1.34. The van der Waals surface area contributed by atoms with E-state index in [1.165, 1.54) is 0 Å². The molecule has 1 heterocycles. The molecule has 1 aromatic rings. The Kier molecular flexibility index (Phi) is 12.0. The molecular formula is C30H55F2N3O2. The van der Waals surface area contributed by atoms with Gasteiger partial charge in [-0.05, 0) is 72.6 Å². The van der Waals surface area contributed by atoms with Gasteiger partial charge in [0.25, 0.3) is 0 Å². The van der Waals surface area contributed by atoms with E-state index >= 15 is 0 Å². The van der Waals surface area contributed by atoms with Crippen molar-refractivity contribution in [3.05, 3.63) is 18.1 Å². The van der Waals surface area contributed by atoms with Crippen molar-refractivity contribution >= 4 is 0 Å². The van der Waals surface area contributed by atoms with E-state index in [-0.39, 0.29) is 47.5 Å². The third kappa shape index (κ3) is 16.3. The van der Waals surface area contributed by atoms with E-state index in [4.69, 9.17) is 9.47 Å². The number of nitrogens with one attached hydrogen (secondary N) is 1. The molecule has 0 atom stereocenters. The van der Waals surface area contributed by atoms with Crippen LogP contribution in [-0.2, 0) is 10.2 Å². The quantitative estimate of drug-likeness (QED) is 0.351. The molecule has 1 saturated carbocycles. The zero-order chi connectivity index (χ0) is 28.7. The van der Waals surface area contributed by atoms with Gasteiger partial charge in [-0.15, -0.1) is 0 Å². The summed E-state index contributed by atoms with van der Waals surface area (Å²) in [5.41, 5.74) is 0.998. The fraction of sp³-hybridized carbons (Fsp3) is 0.867. The van der Waals surface area contributed by atoms with E-state index in [9.17, 15) is 8.78 Å². The molecule has 0 saturated heterocycles. The van der Waals surface area contributed by atoms with Crippen molar-refractivity contribution in [1.82, 2.24) is 15.3 Å². The molecule has 1 aliphatic rings. The summed E-state index contributed by atoms with van der Waals surface area (Å²) in [5, 5.41) is 3.58. The molecule has 0 bridgehead atoms. The number of halogens is 2. The maximum absolute atomic E-state index is 13.5. The maximum atomic E-state index is 13.5. The third-order valence-corrected chi connectivity index (χ3v) is 5.89. The summed E-state index contributed by atoms with van der Waals surface area (Å²) in [6, 6.07) is 0.557. The number of aromatic nitrogens is 2. The molecule has 0 unspecified atom stereocenters. The molecule has 1 aromatic heterocycles. The van der Waals surface area contributed by atoms with Crippen molar-refractivity contribution < 1.29 is 18.3 Å². The van der Waals surface area contributed by atoms with Gasteiger partial charge in [-0.3, -0.25) is 4.98 Å². The Bertz CT molecular complexity index is 758. The highest BCUT2D eigenvalue weighted by Crippen LogP contribution is 2.30. The predicted molar refractivity (Wildman–Crippen MR) is 150 cm³/mol. The lowest BCUT2D eigenvalue weighted by atomic mass is 9.87. The van der Waals surface area contributed by atoms with Crippen LogP contribution >= 0.6 is 0 Å². The van der Waals surface area contributed by atoms with Crippen LogP contribution in [0.15, 0.2) is 12.4 Å². The second kappa shape index (κ2) is 13.1. The molecule has 1 fully saturated rings. The molecule has 0 aliphatic heterocycles. The van der Waals surface area contributed by atoms with Crippen LogP contribution in [0.1, 0.15) is 127 Å². The number of hydrogen-bond acceptors (Lipinski definition) is 5. The van der Waals surface area contributed by atoms with Crippen LogP contribution < -0.4 is 10.1 Å². The summed E-state index contributed by atoms with van der Waals surface area (Å²) in [7, 11) is 0. The zero-order valence-corrected chi connectivity index (χ0v) is 25.7. The molecule has 1 aliphatic carbocycles. The van der Waals surface area contributed by atoms with Gasteiger partial charge in [0.2, 0.25) is 11.8 Å². The molecule has 5 nitrogen and oxygen atoms in total. The number of rotatable bonds is 9. The molecule has 0 radical (unpaired) electrons. The highest BCUT2D eigenvalue weighted by molar-refractivity contribution is 5.14. The molecule has 2 rings (SSSR count). The zero-order valence-electron chi connectivity index (χ0n) is 25.7. The molecule has 1 N–H and O–H groups in total. The van der Waals surface area contributed by atoms with Gasteiger partial charge in [-0.2, -0.15) is 0 Å². The highest BCUT2D eigenvalue weighted by Gasteiger charge is 2.33. The minimum absolute atomic E-state index is 0.0300. The van der Waals surface area contributed by atoms with Crippen molar-refractivity contribution in [3.8, 4) is 5.88 Å². The van der Waals surface area contributed by atoms with Gasteiger partial charge >= 0.3 is 0 Å². The van der Waals surface area contributed by atoms with Crippen molar-refractivity contribution in [2.24, 2.45) is 5.41 Å². The van der Waals surface area contributed by atoms with Crippen molar-refractivity contribution in [2.45, 2.75) is 156 Å². The molecule has 216 valence electrons. The van der Waals surface area contributed by atoms with Gasteiger partial charge in [-0.25, -0.2) is 13.8 Å². The van der Waals surface area contributed by atoms with Gasteiger partial charge in [-0.1, -0.05) is 41.5 Å². The second-order valence-corrected chi connectivity index (χ2v) is 14.8. The van der Waals surface area contributed by atoms with Crippen LogP contribution in [0.5, 0.6) is 5.88 Å². The first kappa shape index (κ1) is 33.7. The van der Waals surface area contributed by atoms with Crippen LogP contribution in [0.3, 0.4) is 0 Å². The van der Waals surface area contributed by atoms with Gasteiger partial charge < -0.3 is 14.8 Å². The number of ether oxygens (including phenoxy) is 2. The third-order valence-electron chi connectivity index (χ3n) is 5.89. The first-order valence-electron chi connectivity index (χ1n) is 13.8. The van der Waals surface area contributed by atoms with E-state index in [1.54, 1.807) is 6.20 Å². The molecule has 0 spiro atoms. The van der Waals surface area contributed by atoms with Gasteiger partial charge in [0.15, 0.2) is 0 Å². The molecule has 7 heteroatoms. The summed E-state index contributed by atoms with van der Waals surface area (Å²) in [6.45, 7) is 25.0. The van der Waals surface area contributed by atoms with Crippen molar-refractivity contribution in [3.63, 3.8) is 0 Å². The fourth-order valence-electron chi connectivity index (χ4n) is 3.84. The average molecular weight is 528 g/mol. The summed E-state index contributed by atoms with van der Waals surface area (Å²) >= 11 is 0. The molecule has 37 heavy (non-hydrogen) atoms. The second-order valence-electron chi connectivity index (χ2n) is 14.8. The normalized spacial score (nSPS) is 19.1. The molecular weight excluding hydrogens is 472 g/mol. The van der Waals surface area contributed by atoms with Crippen molar-refractivity contribution in [1.29, 1.82) is 0 Å². The van der Waals surface area contributed by atoms with Gasteiger partial charge in [0.05, 0.1) is 30.3 Å². The first-order chi connectivity index (χ1) is 16.5. The topological polar surface area (TPSA) is 56.3 Å². The fourth-order valence-corrected chi connectivity index (χ4v) is 3.84. The summed E-state index contributed by atoms with van der Waals surface area (Å²) < 4.78 is 38.2. The Morgan fingerprint density at radius 2 is 1.43 bits per heavy atom. The smallest absolute Gasteiger partial charge is 0.250 e. The summed E-state index contributed by atoms with van der Waals surface area (Å²) in [6.07, 6.45) is 7.12. The summed E-state index contributed by atoms with van der Waals surface area (Å²) in [4.78, 5) is 8.80. The number of nitrogens with zero attached hydrogens (tertiary/aromatic N) is 2. The van der Waals surface area contributed by atoms with Gasteiger partial charge in [0, 0.05) is 29.8 Å². The van der Waals surface area contributed by atoms with Crippen LogP contribution in [0, 0.1) is 5.41 Å². The first-order valence-corrected chi connectivity index (χ1v) is 13.8. The van der Waals surface area contributed by atoms with Crippen LogP contribution in [-0.4, -0.2) is 45.8 Å². The highest BCUT2D eigenvalue weighted by atomic mass is 19.3. The van der Waals surface area contributed by atoms with E-state index in [0.29, 0.717) is 18.3 Å². The Balaban J connectivity index is 0.000000377. The average Bonchev–Trinajstić information content (AvgIpc) is 2.63. The lowest BCUT2D eigenvalue weighted by molar-refractivity contribution is -0.0717.